The number of hydrogen-bond acceptors (Lipinski definition) is 5. The lowest BCUT2D eigenvalue weighted by atomic mass is 10.0. The number of anilines is 1. The second-order valence-corrected chi connectivity index (χ2v) is 12.4. The second kappa shape index (κ2) is 14.6. The third kappa shape index (κ3) is 7.68. The molecule has 0 radical (unpaired) electrons. The Bertz CT molecular complexity index is 1690. The fraction of sp³-hybridized carbons (Fsp3) is 0.188. The van der Waals surface area contributed by atoms with Gasteiger partial charge in [-0.25, -0.2) is 12.8 Å². The van der Waals surface area contributed by atoms with Crippen molar-refractivity contribution in [3.05, 3.63) is 124 Å². The normalized spacial score (nSPS) is 11.8. The third-order valence-corrected chi connectivity index (χ3v) is 9.44. The van der Waals surface area contributed by atoms with Crippen molar-refractivity contribution in [2.45, 2.75) is 23.9 Å². The first-order valence-electron chi connectivity index (χ1n) is 13.5. The fourth-order valence-electron chi connectivity index (χ4n) is 4.59. The van der Waals surface area contributed by atoms with Crippen LogP contribution in [0, 0.1) is 5.82 Å². The van der Waals surface area contributed by atoms with Gasteiger partial charge in [0.25, 0.3) is 10.0 Å². The zero-order chi connectivity index (χ0) is 31.9. The molecule has 0 saturated heterocycles. The number of amides is 2. The van der Waals surface area contributed by atoms with E-state index in [0.29, 0.717) is 11.3 Å². The smallest absolute Gasteiger partial charge is 0.264 e. The van der Waals surface area contributed by atoms with Gasteiger partial charge in [0.15, 0.2) is 0 Å². The summed E-state index contributed by atoms with van der Waals surface area (Å²) >= 11 is 13.0. The van der Waals surface area contributed by atoms with E-state index in [1.165, 1.54) is 55.5 Å². The van der Waals surface area contributed by atoms with Gasteiger partial charge in [-0.05, 0) is 66.2 Å². The minimum Gasteiger partial charge on any atom is -0.497 e. The van der Waals surface area contributed by atoms with Gasteiger partial charge >= 0.3 is 0 Å². The zero-order valence-electron chi connectivity index (χ0n) is 23.9. The first-order valence-corrected chi connectivity index (χ1v) is 15.6. The molecule has 8 nitrogen and oxygen atoms in total. The number of benzene rings is 4. The van der Waals surface area contributed by atoms with E-state index >= 15 is 0 Å². The molecule has 0 spiro atoms. The molecule has 0 unspecified atom stereocenters. The van der Waals surface area contributed by atoms with Crippen LogP contribution in [0.1, 0.15) is 11.1 Å². The Morgan fingerprint density at radius 3 is 2.07 bits per heavy atom. The Labute approximate surface area is 266 Å². The van der Waals surface area contributed by atoms with E-state index < -0.39 is 40.2 Å². The van der Waals surface area contributed by atoms with Crippen LogP contribution < -0.4 is 14.4 Å². The van der Waals surface area contributed by atoms with Gasteiger partial charge in [0.1, 0.15) is 24.2 Å². The lowest BCUT2D eigenvalue weighted by molar-refractivity contribution is -0.139. The van der Waals surface area contributed by atoms with Crippen LogP contribution in [0.15, 0.2) is 102 Å². The van der Waals surface area contributed by atoms with Gasteiger partial charge in [-0.3, -0.25) is 13.9 Å². The molecule has 0 aliphatic heterocycles. The Morgan fingerprint density at radius 1 is 0.886 bits per heavy atom. The van der Waals surface area contributed by atoms with Crippen molar-refractivity contribution in [3.63, 3.8) is 0 Å². The molecule has 0 aliphatic carbocycles. The number of carbonyl (C=O) groups is 2. The number of nitrogens with one attached hydrogen (secondary N) is 1. The monoisotopic (exact) mass is 657 g/mol. The zero-order valence-corrected chi connectivity index (χ0v) is 26.2. The van der Waals surface area contributed by atoms with Gasteiger partial charge in [0.05, 0.1) is 17.7 Å². The van der Waals surface area contributed by atoms with Gasteiger partial charge in [-0.2, -0.15) is 0 Å². The molecular formula is C32H30Cl2FN3O5S. The summed E-state index contributed by atoms with van der Waals surface area (Å²) in [5.74, 6) is -1.34. The summed E-state index contributed by atoms with van der Waals surface area (Å²) in [5.41, 5.74) is 1.20. The van der Waals surface area contributed by atoms with Crippen molar-refractivity contribution >= 4 is 50.7 Å². The van der Waals surface area contributed by atoms with Crippen molar-refractivity contribution in [3.8, 4) is 5.75 Å². The predicted molar refractivity (Wildman–Crippen MR) is 169 cm³/mol. The van der Waals surface area contributed by atoms with E-state index in [2.05, 4.69) is 5.32 Å². The molecule has 0 fully saturated rings. The van der Waals surface area contributed by atoms with Crippen molar-refractivity contribution in [2.24, 2.45) is 0 Å². The lowest BCUT2D eigenvalue weighted by Gasteiger charge is -2.34. The van der Waals surface area contributed by atoms with E-state index in [1.807, 2.05) is 30.3 Å². The Balaban J connectivity index is 1.81. The molecule has 4 rings (SSSR count). The number of halogens is 3. The molecule has 1 N–H and O–H groups in total. The maximum Gasteiger partial charge on any atom is 0.264 e. The standard InChI is InChI=1S/C32H30Cl2FN3O5S/c1-36-32(40)30(19-22-7-4-3-5-8-22)37(20-27-28(33)9-6-10-29(27)34)31(39)21-38(24-13-11-23(35)12-14-24)44(41,42)26-17-15-25(43-2)16-18-26/h3-18,30H,19-21H2,1-2H3,(H,36,40)/t30-/m0/s1. The summed E-state index contributed by atoms with van der Waals surface area (Å²) in [4.78, 5) is 28.8. The van der Waals surface area contributed by atoms with Crippen LogP contribution in [-0.2, 0) is 32.6 Å². The molecule has 0 aliphatic rings. The van der Waals surface area contributed by atoms with E-state index in [0.717, 1.165) is 22.0 Å². The minimum atomic E-state index is -4.36. The van der Waals surface area contributed by atoms with E-state index in [4.69, 9.17) is 27.9 Å². The van der Waals surface area contributed by atoms with Crippen LogP contribution in [0.25, 0.3) is 0 Å². The average Bonchev–Trinajstić information content (AvgIpc) is 3.03. The van der Waals surface area contributed by atoms with Gasteiger partial charge in [-0.15, -0.1) is 0 Å². The first-order chi connectivity index (χ1) is 21.0. The van der Waals surface area contributed by atoms with E-state index in [9.17, 15) is 22.4 Å². The molecule has 0 heterocycles. The van der Waals surface area contributed by atoms with Crippen LogP contribution in [0.2, 0.25) is 10.0 Å². The highest BCUT2D eigenvalue weighted by Crippen LogP contribution is 2.29. The number of ether oxygens (including phenoxy) is 1. The number of hydrogen-bond donors (Lipinski definition) is 1. The summed E-state index contributed by atoms with van der Waals surface area (Å²) in [7, 11) is -1.47. The number of sulfonamides is 1. The molecule has 0 aromatic heterocycles. The van der Waals surface area contributed by atoms with E-state index in [1.54, 1.807) is 18.2 Å². The van der Waals surface area contributed by atoms with Crippen molar-refractivity contribution in [1.29, 1.82) is 0 Å². The van der Waals surface area contributed by atoms with Crippen LogP contribution >= 0.6 is 23.2 Å². The molecule has 2 amide bonds. The van der Waals surface area contributed by atoms with Crippen molar-refractivity contribution < 1.29 is 27.1 Å². The van der Waals surface area contributed by atoms with Gasteiger partial charge in [0.2, 0.25) is 11.8 Å². The number of methoxy groups -OCH3 is 1. The Morgan fingerprint density at radius 2 is 1.50 bits per heavy atom. The maximum atomic E-state index is 14.3. The van der Waals surface area contributed by atoms with Gasteiger partial charge < -0.3 is 15.0 Å². The molecular weight excluding hydrogens is 628 g/mol. The minimum absolute atomic E-state index is 0.0471. The molecule has 1 atom stereocenters. The number of carbonyl (C=O) groups excluding carboxylic acids is 2. The number of nitrogens with zero attached hydrogens (tertiary/aromatic N) is 2. The molecule has 4 aromatic rings. The molecule has 0 saturated carbocycles. The third-order valence-electron chi connectivity index (χ3n) is 6.95. The highest BCUT2D eigenvalue weighted by molar-refractivity contribution is 7.92. The summed E-state index contributed by atoms with van der Waals surface area (Å²) in [6.07, 6.45) is 0.121. The number of rotatable bonds is 12. The molecule has 44 heavy (non-hydrogen) atoms. The summed E-state index contributed by atoms with van der Waals surface area (Å²) in [6.45, 7) is -0.910. The molecule has 0 bridgehead atoms. The van der Waals surface area contributed by atoms with Crippen LogP contribution in [0.5, 0.6) is 5.75 Å². The van der Waals surface area contributed by atoms with Crippen molar-refractivity contribution in [1.82, 2.24) is 10.2 Å². The fourth-order valence-corrected chi connectivity index (χ4v) is 6.52. The molecule has 4 aromatic carbocycles. The SMILES string of the molecule is CNC(=O)[C@H](Cc1ccccc1)N(Cc1c(Cl)cccc1Cl)C(=O)CN(c1ccc(F)cc1)S(=O)(=O)c1ccc(OC)cc1. The summed E-state index contributed by atoms with van der Waals surface area (Å²) in [5, 5.41) is 3.15. The first kappa shape index (κ1) is 32.8. The van der Waals surface area contributed by atoms with E-state index in [-0.39, 0.29) is 33.6 Å². The van der Waals surface area contributed by atoms with Crippen LogP contribution in [0.3, 0.4) is 0 Å². The Hall–Kier alpha value is -4.12. The summed E-state index contributed by atoms with van der Waals surface area (Å²) in [6, 6.07) is 23.3. The molecule has 230 valence electrons. The van der Waals surface area contributed by atoms with Crippen molar-refractivity contribution in [2.75, 3.05) is 25.0 Å². The number of likely N-dealkylation sites (N-methyl/N-ethyl adjacent to an activating group) is 1. The second-order valence-electron chi connectivity index (χ2n) is 9.71. The average molecular weight is 659 g/mol. The maximum absolute atomic E-state index is 14.3. The highest BCUT2D eigenvalue weighted by atomic mass is 35.5. The highest BCUT2D eigenvalue weighted by Gasteiger charge is 2.35. The quantitative estimate of drug-likeness (QED) is 0.210. The largest absolute Gasteiger partial charge is 0.497 e. The topological polar surface area (TPSA) is 96.0 Å². The molecule has 12 heteroatoms. The Kier molecular flexibility index (Phi) is 10.9. The van der Waals surface area contributed by atoms with Gasteiger partial charge in [-0.1, -0.05) is 59.6 Å². The van der Waals surface area contributed by atoms with Crippen LogP contribution in [-0.4, -0.2) is 51.9 Å². The summed E-state index contributed by atoms with van der Waals surface area (Å²) < 4.78 is 47.9. The van der Waals surface area contributed by atoms with Crippen LogP contribution in [0.4, 0.5) is 10.1 Å². The lowest BCUT2D eigenvalue weighted by Crippen LogP contribution is -2.53. The van der Waals surface area contributed by atoms with Gasteiger partial charge in [0, 0.05) is 35.6 Å². The predicted octanol–water partition coefficient (Wildman–Crippen LogP) is 5.72.